The van der Waals surface area contributed by atoms with Gasteiger partial charge in [0.25, 0.3) is 5.91 Å². The van der Waals surface area contributed by atoms with E-state index in [2.05, 4.69) is 10.3 Å². The first-order chi connectivity index (χ1) is 15.9. The van der Waals surface area contributed by atoms with Crippen molar-refractivity contribution in [1.82, 2.24) is 10.3 Å². The number of anilines is 2. The van der Waals surface area contributed by atoms with E-state index in [1.165, 1.54) is 4.90 Å². The quantitative estimate of drug-likeness (QED) is 0.400. The highest BCUT2D eigenvalue weighted by Gasteiger charge is 2.23. The van der Waals surface area contributed by atoms with Crippen LogP contribution in [0.5, 0.6) is 0 Å². The molecule has 2 amide bonds. The summed E-state index contributed by atoms with van der Waals surface area (Å²) in [6, 6.07) is 23.0. The molecule has 166 valence electrons. The summed E-state index contributed by atoms with van der Waals surface area (Å²) >= 11 is 0. The molecule has 4 N–H and O–H groups in total. The molecule has 1 heterocycles. The predicted octanol–water partition coefficient (Wildman–Crippen LogP) is 4.78. The Kier molecular flexibility index (Phi) is 6.22. The van der Waals surface area contributed by atoms with E-state index >= 15 is 0 Å². The SMILES string of the molecule is Cc1ccc(N(C[C@@H](NC(=O)c2ccc3ccnc(N)c3c2)c2ccccc2)C(=O)O)cc1. The number of nitrogen functional groups attached to an aromatic ring is 1. The third-order valence-electron chi connectivity index (χ3n) is 5.51. The van der Waals surface area contributed by atoms with Crippen molar-refractivity contribution in [2.45, 2.75) is 13.0 Å². The van der Waals surface area contributed by atoms with Gasteiger partial charge in [-0.1, -0.05) is 54.1 Å². The van der Waals surface area contributed by atoms with E-state index in [9.17, 15) is 14.7 Å². The molecule has 0 saturated carbocycles. The van der Waals surface area contributed by atoms with Crippen LogP contribution in [0.3, 0.4) is 0 Å². The van der Waals surface area contributed by atoms with E-state index in [1.54, 1.807) is 30.5 Å². The number of benzene rings is 3. The molecule has 0 saturated heterocycles. The molecule has 3 aromatic carbocycles. The van der Waals surface area contributed by atoms with Crippen molar-refractivity contribution < 1.29 is 14.7 Å². The van der Waals surface area contributed by atoms with Gasteiger partial charge in [0, 0.05) is 22.8 Å². The zero-order valence-corrected chi connectivity index (χ0v) is 18.1. The van der Waals surface area contributed by atoms with Crippen LogP contribution in [0.25, 0.3) is 10.8 Å². The second-order valence-corrected chi connectivity index (χ2v) is 7.80. The van der Waals surface area contributed by atoms with Gasteiger partial charge in [-0.25, -0.2) is 9.78 Å². The molecule has 4 rings (SSSR count). The van der Waals surface area contributed by atoms with Crippen molar-refractivity contribution in [2.75, 3.05) is 17.2 Å². The number of hydrogen-bond donors (Lipinski definition) is 3. The molecular weight excluding hydrogens is 416 g/mol. The smallest absolute Gasteiger partial charge is 0.411 e. The lowest BCUT2D eigenvalue weighted by Crippen LogP contribution is -2.40. The first-order valence-corrected chi connectivity index (χ1v) is 10.5. The summed E-state index contributed by atoms with van der Waals surface area (Å²) in [6.45, 7) is 1.99. The summed E-state index contributed by atoms with van der Waals surface area (Å²) in [5.74, 6) is 0.0152. The van der Waals surface area contributed by atoms with Crippen LogP contribution in [0.2, 0.25) is 0 Å². The zero-order chi connectivity index (χ0) is 23.4. The number of nitrogens with zero attached hydrogens (tertiary/aromatic N) is 2. The van der Waals surface area contributed by atoms with Crippen LogP contribution in [0.15, 0.2) is 85.1 Å². The molecule has 0 spiro atoms. The molecule has 1 atom stereocenters. The van der Waals surface area contributed by atoms with Crippen LogP contribution in [-0.2, 0) is 0 Å². The molecule has 0 bridgehead atoms. The van der Waals surface area contributed by atoms with Gasteiger partial charge >= 0.3 is 6.09 Å². The van der Waals surface area contributed by atoms with Crippen molar-refractivity contribution >= 4 is 34.3 Å². The largest absolute Gasteiger partial charge is 0.465 e. The Morgan fingerprint density at radius 3 is 2.45 bits per heavy atom. The summed E-state index contributed by atoms with van der Waals surface area (Å²) in [5.41, 5.74) is 8.76. The molecule has 0 aliphatic carbocycles. The number of aryl methyl sites for hydroxylation is 1. The third kappa shape index (κ3) is 4.93. The van der Waals surface area contributed by atoms with Gasteiger partial charge in [-0.05, 0) is 48.2 Å². The molecule has 0 unspecified atom stereocenters. The minimum atomic E-state index is -1.10. The van der Waals surface area contributed by atoms with Gasteiger partial charge in [-0.3, -0.25) is 9.69 Å². The van der Waals surface area contributed by atoms with Gasteiger partial charge in [0.15, 0.2) is 0 Å². The fourth-order valence-corrected chi connectivity index (χ4v) is 3.69. The first-order valence-electron chi connectivity index (χ1n) is 10.5. The standard InChI is InChI=1S/C26H24N4O3/c1-17-7-11-21(12-8-17)30(26(32)33)16-23(19-5-3-2-4-6-19)29-25(31)20-10-9-18-13-14-28-24(27)22(18)15-20/h2-15,23H,16H2,1H3,(H2,27,28)(H,29,31)(H,32,33)/t23-/m1/s1. The monoisotopic (exact) mass is 440 g/mol. The van der Waals surface area contributed by atoms with Crippen LogP contribution in [0, 0.1) is 6.92 Å². The van der Waals surface area contributed by atoms with Crippen molar-refractivity contribution in [2.24, 2.45) is 0 Å². The number of hydrogen-bond acceptors (Lipinski definition) is 4. The molecular formula is C26H24N4O3. The van der Waals surface area contributed by atoms with Crippen LogP contribution in [-0.4, -0.2) is 28.6 Å². The minimum Gasteiger partial charge on any atom is -0.465 e. The fraction of sp³-hybridized carbons (Fsp3) is 0.115. The maximum atomic E-state index is 13.2. The molecule has 0 aliphatic rings. The Bertz CT molecular complexity index is 1290. The first kappa shape index (κ1) is 21.8. The molecule has 4 aromatic rings. The predicted molar refractivity (Wildman–Crippen MR) is 129 cm³/mol. The van der Waals surface area contributed by atoms with E-state index < -0.39 is 12.1 Å². The van der Waals surface area contributed by atoms with Crippen molar-refractivity contribution in [3.05, 3.63) is 102 Å². The minimum absolute atomic E-state index is 0.0470. The molecule has 7 nitrogen and oxygen atoms in total. The number of carbonyl (C=O) groups is 2. The average molecular weight is 441 g/mol. The molecule has 33 heavy (non-hydrogen) atoms. The molecule has 1 aromatic heterocycles. The maximum Gasteiger partial charge on any atom is 0.411 e. The highest BCUT2D eigenvalue weighted by molar-refractivity contribution is 6.01. The number of rotatable bonds is 6. The van der Waals surface area contributed by atoms with Crippen LogP contribution < -0.4 is 16.0 Å². The number of fused-ring (bicyclic) bond motifs is 1. The fourth-order valence-electron chi connectivity index (χ4n) is 3.69. The topological polar surface area (TPSA) is 109 Å². The summed E-state index contributed by atoms with van der Waals surface area (Å²) in [6.07, 6.45) is 0.521. The van der Waals surface area contributed by atoms with E-state index in [4.69, 9.17) is 5.73 Å². The summed E-state index contributed by atoms with van der Waals surface area (Å²) in [5, 5.41) is 14.5. The Morgan fingerprint density at radius 1 is 1.03 bits per heavy atom. The van der Waals surface area contributed by atoms with Crippen LogP contribution >= 0.6 is 0 Å². The van der Waals surface area contributed by atoms with Gasteiger partial charge in [0.2, 0.25) is 0 Å². The molecule has 0 radical (unpaired) electrons. The summed E-state index contributed by atoms with van der Waals surface area (Å²) in [7, 11) is 0. The van der Waals surface area contributed by atoms with Crippen LogP contribution in [0.4, 0.5) is 16.3 Å². The van der Waals surface area contributed by atoms with E-state index in [0.717, 1.165) is 16.5 Å². The summed E-state index contributed by atoms with van der Waals surface area (Å²) < 4.78 is 0. The van der Waals surface area contributed by atoms with Crippen molar-refractivity contribution in [3.63, 3.8) is 0 Å². The highest BCUT2D eigenvalue weighted by atomic mass is 16.4. The second kappa shape index (κ2) is 9.40. The lowest BCUT2D eigenvalue weighted by atomic mass is 10.0. The van der Waals surface area contributed by atoms with Gasteiger partial charge in [0.1, 0.15) is 5.82 Å². The van der Waals surface area contributed by atoms with Gasteiger partial charge < -0.3 is 16.2 Å². The van der Waals surface area contributed by atoms with Crippen molar-refractivity contribution in [3.8, 4) is 0 Å². The Balaban J connectivity index is 1.65. The molecule has 0 fully saturated rings. The number of amides is 2. The number of nitrogens with one attached hydrogen (secondary N) is 1. The third-order valence-corrected chi connectivity index (χ3v) is 5.51. The Labute approximate surface area is 191 Å². The maximum absolute atomic E-state index is 13.2. The lowest BCUT2D eigenvalue weighted by molar-refractivity contribution is 0.0937. The van der Waals surface area contributed by atoms with Crippen LogP contribution in [0.1, 0.15) is 27.5 Å². The van der Waals surface area contributed by atoms with E-state index in [0.29, 0.717) is 22.5 Å². The zero-order valence-electron chi connectivity index (χ0n) is 18.1. The number of pyridine rings is 1. The van der Waals surface area contributed by atoms with Crippen molar-refractivity contribution in [1.29, 1.82) is 0 Å². The number of carboxylic acid groups (broad SMARTS) is 1. The number of carbonyl (C=O) groups excluding carboxylic acids is 1. The average Bonchev–Trinajstić information content (AvgIpc) is 2.83. The van der Waals surface area contributed by atoms with E-state index in [1.807, 2.05) is 61.5 Å². The lowest BCUT2D eigenvalue weighted by Gasteiger charge is -2.27. The highest BCUT2D eigenvalue weighted by Crippen LogP contribution is 2.23. The summed E-state index contributed by atoms with van der Waals surface area (Å²) in [4.78, 5) is 30.6. The number of aromatic nitrogens is 1. The Hall–Kier alpha value is -4.39. The second-order valence-electron chi connectivity index (χ2n) is 7.80. The molecule has 0 aliphatic heterocycles. The van der Waals surface area contributed by atoms with Gasteiger partial charge in [-0.15, -0.1) is 0 Å². The Morgan fingerprint density at radius 2 is 1.76 bits per heavy atom. The van der Waals surface area contributed by atoms with Gasteiger partial charge in [0.05, 0.1) is 12.6 Å². The van der Waals surface area contributed by atoms with Gasteiger partial charge in [-0.2, -0.15) is 0 Å². The van der Waals surface area contributed by atoms with E-state index in [-0.39, 0.29) is 12.5 Å². The molecule has 7 heteroatoms. The normalized spacial score (nSPS) is 11.7. The number of nitrogens with two attached hydrogens (primary N) is 1.